The molecule has 7 nitrogen and oxygen atoms in total. The molecule has 1 aliphatic rings. The SMILES string of the molecule is Cc1cc(S(C)(=O)=O)ncc1N1CCc2[nH]c(-c3snnc3C)cc2C1. The molecule has 1 aliphatic heterocycles. The van der Waals surface area contributed by atoms with Gasteiger partial charge in [0.2, 0.25) is 0 Å². The third-order valence-corrected chi connectivity index (χ3v) is 6.50. The average molecular weight is 390 g/mol. The van der Waals surface area contributed by atoms with Crippen LogP contribution in [-0.2, 0) is 22.8 Å². The number of aromatic amines is 1. The van der Waals surface area contributed by atoms with Gasteiger partial charge < -0.3 is 9.88 Å². The molecule has 3 aromatic heterocycles. The Morgan fingerprint density at radius 3 is 2.73 bits per heavy atom. The molecule has 0 saturated heterocycles. The Kier molecular flexibility index (Phi) is 4.07. The third kappa shape index (κ3) is 3.01. The lowest BCUT2D eigenvalue weighted by molar-refractivity contribution is 0.598. The second-order valence-corrected chi connectivity index (χ2v) is 9.34. The Hall–Kier alpha value is -2.26. The predicted octanol–water partition coefficient (Wildman–Crippen LogP) is 2.51. The quantitative estimate of drug-likeness (QED) is 0.740. The van der Waals surface area contributed by atoms with Gasteiger partial charge in [0.25, 0.3) is 0 Å². The first-order valence-electron chi connectivity index (χ1n) is 8.24. The maximum atomic E-state index is 11.7. The first-order valence-corrected chi connectivity index (χ1v) is 10.9. The molecule has 0 atom stereocenters. The maximum Gasteiger partial charge on any atom is 0.192 e. The summed E-state index contributed by atoms with van der Waals surface area (Å²) < 4.78 is 27.4. The maximum absolute atomic E-state index is 11.7. The van der Waals surface area contributed by atoms with Crippen molar-refractivity contribution < 1.29 is 8.42 Å². The molecular formula is C17H19N5O2S2. The summed E-state index contributed by atoms with van der Waals surface area (Å²) in [5, 5.41) is 4.20. The normalized spacial score (nSPS) is 14.5. The molecule has 4 heterocycles. The van der Waals surface area contributed by atoms with Crippen LogP contribution < -0.4 is 4.90 Å². The molecule has 0 amide bonds. The topological polar surface area (TPSA) is 91.8 Å². The molecule has 3 aromatic rings. The van der Waals surface area contributed by atoms with Gasteiger partial charge in [-0.3, -0.25) is 0 Å². The number of fused-ring (bicyclic) bond motifs is 1. The van der Waals surface area contributed by atoms with Crippen molar-refractivity contribution in [3.63, 3.8) is 0 Å². The number of nitrogens with one attached hydrogen (secondary N) is 1. The fourth-order valence-corrected chi connectivity index (χ4v) is 4.56. The van der Waals surface area contributed by atoms with Crippen molar-refractivity contribution in [3.8, 4) is 10.6 Å². The van der Waals surface area contributed by atoms with Gasteiger partial charge in [-0.05, 0) is 48.6 Å². The number of sulfone groups is 1. The Labute approximate surface area is 156 Å². The Morgan fingerprint density at radius 2 is 2.08 bits per heavy atom. The number of anilines is 1. The van der Waals surface area contributed by atoms with Crippen LogP contribution in [-0.4, -0.2) is 40.8 Å². The fourth-order valence-electron chi connectivity index (χ4n) is 3.30. The van der Waals surface area contributed by atoms with Gasteiger partial charge >= 0.3 is 0 Å². The van der Waals surface area contributed by atoms with Crippen LogP contribution in [0.3, 0.4) is 0 Å². The van der Waals surface area contributed by atoms with Crippen LogP contribution in [0.25, 0.3) is 10.6 Å². The van der Waals surface area contributed by atoms with Gasteiger partial charge in [-0.25, -0.2) is 13.4 Å². The summed E-state index contributed by atoms with van der Waals surface area (Å²) in [6.07, 6.45) is 3.74. The molecule has 0 saturated carbocycles. The second kappa shape index (κ2) is 6.17. The van der Waals surface area contributed by atoms with Crippen LogP contribution in [0.1, 0.15) is 22.5 Å². The van der Waals surface area contributed by atoms with Gasteiger partial charge in [0, 0.05) is 31.5 Å². The molecule has 0 aliphatic carbocycles. The highest BCUT2D eigenvalue weighted by Crippen LogP contribution is 2.32. The molecule has 9 heteroatoms. The second-order valence-electron chi connectivity index (χ2n) is 6.63. The largest absolute Gasteiger partial charge is 0.365 e. The number of hydrogen-bond donors (Lipinski definition) is 1. The van der Waals surface area contributed by atoms with Gasteiger partial charge in [-0.1, -0.05) is 4.49 Å². The van der Waals surface area contributed by atoms with Crippen LogP contribution in [0.15, 0.2) is 23.4 Å². The molecule has 0 fully saturated rings. The van der Waals surface area contributed by atoms with Crippen LogP contribution in [0, 0.1) is 13.8 Å². The highest BCUT2D eigenvalue weighted by atomic mass is 32.2. The van der Waals surface area contributed by atoms with Crippen molar-refractivity contribution in [1.29, 1.82) is 0 Å². The summed E-state index contributed by atoms with van der Waals surface area (Å²) in [6, 6.07) is 3.81. The van der Waals surface area contributed by atoms with Crippen LogP contribution in [0.5, 0.6) is 0 Å². The number of hydrogen-bond acceptors (Lipinski definition) is 7. The van der Waals surface area contributed by atoms with E-state index in [4.69, 9.17) is 0 Å². The van der Waals surface area contributed by atoms with E-state index in [0.29, 0.717) is 0 Å². The van der Waals surface area contributed by atoms with E-state index in [2.05, 4.69) is 30.5 Å². The third-order valence-electron chi connectivity index (χ3n) is 4.66. The minimum atomic E-state index is -3.29. The lowest BCUT2D eigenvalue weighted by Gasteiger charge is -2.30. The molecule has 0 radical (unpaired) electrons. The first kappa shape index (κ1) is 17.2. The first-order chi connectivity index (χ1) is 12.3. The van der Waals surface area contributed by atoms with Crippen molar-refractivity contribution >= 4 is 27.1 Å². The molecule has 0 aromatic carbocycles. The minimum absolute atomic E-state index is 0.119. The molecule has 0 spiro atoms. The Bertz CT molecular complexity index is 1080. The minimum Gasteiger partial charge on any atom is -0.365 e. The fraction of sp³-hybridized carbons (Fsp3) is 0.353. The zero-order chi connectivity index (χ0) is 18.5. The molecule has 0 unspecified atom stereocenters. The van der Waals surface area contributed by atoms with Gasteiger partial charge in [0.15, 0.2) is 14.9 Å². The summed E-state index contributed by atoms with van der Waals surface area (Å²) in [6.45, 7) is 5.50. The lowest BCUT2D eigenvalue weighted by atomic mass is 10.1. The summed E-state index contributed by atoms with van der Waals surface area (Å²) in [7, 11) is -3.29. The number of pyridine rings is 1. The van der Waals surface area contributed by atoms with E-state index < -0.39 is 9.84 Å². The van der Waals surface area contributed by atoms with Crippen molar-refractivity contribution in [2.24, 2.45) is 0 Å². The van der Waals surface area contributed by atoms with Crippen molar-refractivity contribution in [3.05, 3.63) is 40.8 Å². The lowest BCUT2D eigenvalue weighted by Crippen LogP contribution is -2.30. The van der Waals surface area contributed by atoms with Crippen molar-refractivity contribution in [2.75, 3.05) is 17.7 Å². The van der Waals surface area contributed by atoms with Crippen LogP contribution >= 0.6 is 11.5 Å². The van der Waals surface area contributed by atoms with Gasteiger partial charge in [-0.15, -0.1) is 5.10 Å². The van der Waals surface area contributed by atoms with Crippen molar-refractivity contribution in [1.82, 2.24) is 19.6 Å². The van der Waals surface area contributed by atoms with Gasteiger partial charge in [-0.2, -0.15) is 0 Å². The number of H-pyrrole nitrogens is 1. The van der Waals surface area contributed by atoms with Crippen molar-refractivity contribution in [2.45, 2.75) is 31.8 Å². The monoisotopic (exact) mass is 389 g/mol. The van der Waals surface area contributed by atoms with E-state index >= 15 is 0 Å². The van der Waals surface area contributed by atoms with E-state index in [0.717, 1.165) is 47.0 Å². The standard InChI is InChI=1S/C17H19N5O2S2/c1-10-6-16(26(3,23)24)18-8-15(10)22-5-4-13-12(9-22)7-14(19-13)17-11(2)20-21-25-17/h6-8,19H,4-5,9H2,1-3H3. The summed E-state index contributed by atoms with van der Waals surface area (Å²) in [5.41, 5.74) is 6.37. The zero-order valence-electron chi connectivity index (χ0n) is 14.8. The zero-order valence-corrected chi connectivity index (χ0v) is 16.4. The smallest absolute Gasteiger partial charge is 0.192 e. The van der Waals surface area contributed by atoms with E-state index in [-0.39, 0.29) is 5.03 Å². The Morgan fingerprint density at radius 1 is 1.27 bits per heavy atom. The highest BCUT2D eigenvalue weighted by molar-refractivity contribution is 7.90. The molecule has 1 N–H and O–H groups in total. The molecule has 136 valence electrons. The van der Waals surface area contributed by atoms with E-state index in [1.165, 1.54) is 29.0 Å². The molecule has 0 bridgehead atoms. The molecule has 26 heavy (non-hydrogen) atoms. The molecular weight excluding hydrogens is 370 g/mol. The van der Waals surface area contributed by atoms with Crippen LogP contribution in [0.4, 0.5) is 5.69 Å². The van der Waals surface area contributed by atoms with E-state index in [1.54, 1.807) is 12.3 Å². The number of nitrogens with zero attached hydrogens (tertiary/aromatic N) is 4. The Balaban J connectivity index is 1.63. The van der Waals surface area contributed by atoms with E-state index in [1.807, 2.05) is 13.8 Å². The van der Waals surface area contributed by atoms with Gasteiger partial charge in [0.1, 0.15) is 0 Å². The van der Waals surface area contributed by atoms with Crippen LogP contribution in [0.2, 0.25) is 0 Å². The number of aromatic nitrogens is 4. The number of aryl methyl sites for hydroxylation is 2. The van der Waals surface area contributed by atoms with E-state index in [9.17, 15) is 8.42 Å². The highest BCUT2D eigenvalue weighted by Gasteiger charge is 2.22. The van der Waals surface area contributed by atoms with Gasteiger partial charge in [0.05, 0.1) is 28.1 Å². The average Bonchev–Trinajstić information content (AvgIpc) is 3.18. The summed E-state index contributed by atoms with van der Waals surface area (Å²) in [4.78, 5) is 11.0. The number of rotatable bonds is 3. The summed E-state index contributed by atoms with van der Waals surface area (Å²) >= 11 is 1.40. The summed E-state index contributed by atoms with van der Waals surface area (Å²) in [5.74, 6) is 0. The molecule has 4 rings (SSSR count). The predicted molar refractivity (Wildman–Crippen MR) is 101 cm³/mol.